The van der Waals surface area contributed by atoms with E-state index in [4.69, 9.17) is 9.47 Å². The molecule has 0 aromatic heterocycles. The molecule has 1 aliphatic rings. The highest BCUT2D eigenvalue weighted by atomic mass is 79.9. The fourth-order valence-corrected chi connectivity index (χ4v) is 5.80. The summed E-state index contributed by atoms with van der Waals surface area (Å²) in [6.45, 7) is 5.91. The molecule has 41 heavy (non-hydrogen) atoms. The Kier molecular flexibility index (Phi) is 17.7. The third-order valence-electron chi connectivity index (χ3n) is 7.42. The molecule has 0 fully saturated rings. The number of amides is 1. The first-order valence-corrected chi connectivity index (χ1v) is 16.3. The van der Waals surface area contributed by atoms with Crippen LogP contribution in [-0.2, 0) is 17.9 Å². The molecule has 1 heterocycles. The number of benzene rings is 2. The van der Waals surface area contributed by atoms with E-state index in [0.29, 0.717) is 18.9 Å². The van der Waals surface area contributed by atoms with Crippen LogP contribution in [0.5, 0.6) is 11.5 Å². The number of anilines is 1. The summed E-state index contributed by atoms with van der Waals surface area (Å²) in [5.74, 6) is 2.46. The Labute approximate surface area is 263 Å². The van der Waals surface area contributed by atoms with Gasteiger partial charge in [-0.15, -0.1) is 28.7 Å². The Morgan fingerprint density at radius 3 is 2.17 bits per heavy atom. The van der Waals surface area contributed by atoms with Gasteiger partial charge in [-0.1, -0.05) is 95.8 Å². The summed E-state index contributed by atoms with van der Waals surface area (Å²) in [7, 11) is 1.67. The third-order valence-corrected chi connectivity index (χ3v) is 8.22. The second-order valence-electron chi connectivity index (χ2n) is 10.8. The van der Waals surface area contributed by atoms with Gasteiger partial charge in [0.25, 0.3) is 0 Å². The Morgan fingerprint density at radius 2 is 1.56 bits per heavy atom. The Bertz CT molecular complexity index is 1050. The van der Waals surface area contributed by atoms with Crippen LogP contribution >= 0.6 is 28.7 Å². The summed E-state index contributed by atoms with van der Waals surface area (Å²) < 4.78 is 11.7. The molecule has 0 saturated heterocycles. The average Bonchev–Trinajstić information content (AvgIpc) is 3.47. The van der Waals surface area contributed by atoms with Gasteiger partial charge < -0.3 is 19.3 Å². The van der Waals surface area contributed by atoms with Gasteiger partial charge in [-0.3, -0.25) is 4.79 Å². The third kappa shape index (κ3) is 13.2. The lowest BCUT2D eigenvalue weighted by molar-refractivity contribution is -0.116. The summed E-state index contributed by atoms with van der Waals surface area (Å²) in [5, 5.41) is 2.12. The summed E-state index contributed by atoms with van der Waals surface area (Å²) >= 11 is 1.80. The number of methoxy groups -OCH3 is 1. The first kappa shape index (κ1) is 35.1. The average molecular weight is 648 g/mol. The van der Waals surface area contributed by atoms with Gasteiger partial charge in [0.05, 0.1) is 26.1 Å². The Hall–Kier alpha value is -2.12. The van der Waals surface area contributed by atoms with Gasteiger partial charge in [-0.05, 0) is 47.2 Å². The van der Waals surface area contributed by atoms with Crippen molar-refractivity contribution < 1.29 is 14.3 Å². The molecule has 5 nitrogen and oxygen atoms in total. The van der Waals surface area contributed by atoms with Gasteiger partial charge >= 0.3 is 0 Å². The molecule has 1 aliphatic heterocycles. The minimum Gasteiger partial charge on any atom is -0.493 e. The fourth-order valence-electron chi connectivity index (χ4n) is 5.09. The molecule has 228 valence electrons. The molecule has 7 heteroatoms. The Morgan fingerprint density at radius 1 is 0.878 bits per heavy atom. The van der Waals surface area contributed by atoms with Crippen LogP contribution in [-0.4, -0.2) is 30.4 Å². The zero-order valence-electron chi connectivity index (χ0n) is 25.4. The molecule has 0 N–H and O–H groups in total. The largest absolute Gasteiger partial charge is 0.493 e. The highest BCUT2D eigenvalue weighted by molar-refractivity contribution is 8.93. The lowest BCUT2D eigenvalue weighted by Gasteiger charge is -2.23. The van der Waals surface area contributed by atoms with Gasteiger partial charge in [-0.2, -0.15) is 0 Å². The molecule has 0 spiro atoms. The molecule has 1 amide bonds. The van der Waals surface area contributed by atoms with E-state index in [1.165, 1.54) is 76.2 Å². The maximum Gasteiger partial charge on any atom is 0.224 e. The quantitative estimate of drug-likeness (QED) is 0.134. The van der Waals surface area contributed by atoms with Crippen LogP contribution < -0.4 is 14.4 Å². The molecule has 0 radical (unpaired) electrons. The number of thioether (sulfide) groups is 1. The van der Waals surface area contributed by atoms with Crippen LogP contribution in [0.4, 0.5) is 5.69 Å². The van der Waals surface area contributed by atoms with Gasteiger partial charge in [-0.25, -0.2) is 0 Å². The number of carbonyl (C=O) groups excluding carboxylic acids is 1. The second-order valence-corrected chi connectivity index (χ2v) is 11.7. The van der Waals surface area contributed by atoms with Crippen LogP contribution in [0.1, 0.15) is 102 Å². The van der Waals surface area contributed by atoms with Gasteiger partial charge in [0, 0.05) is 25.4 Å². The van der Waals surface area contributed by atoms with Crippen LogP contribution in [0.15, 0.2) is 54.1 Å². The van der Waals surface area contributed by atoms with Gasteiger partial charge in [0.1, 0.15) is 0 Å². The molecule has 2 aromatic carbocycles. The standard InChI is InChI=1S/C34H50N2O3S.BrH/c1-4-5-6-7-8-9-10-11-12-13-14-15-22-39-33-20-19-31(25-34(33)38-3)27-36(29(2)37)32-18-16-17-30(24-32)26-35-21-23-40-28-35;/h16-21,23-25H,4-15,22,26-28H2,1-3H3;1H. The smallest absolute Gasteiger partial charge is 0.224 e. The zero-order valence-corrected chi connectivity index (χ0v) is 28.0. The number of halogens is 1. The second kappa shape index (κ2) is 20.7. The molecule has 0 atom stereocenters. The zero-order chi connectivity index (χ0) is 28.4. The predicted molar refractivity (Wildman–Crippen MR) is 180 cm³/mol. The topological polar surface area (TPSA) is 42.0 Å². The van der Waals surface area contributed by atoms with Crippen LogP contribution in [0.25, 0.3) is 0 Å². The Balaban J connectivity index is 0.00000588. The molecular formula is C34H51BrN2O3S. The number of ether oxygens (including phenoxy) is 2. The van der Waals surface area contributed by atoms with Crippen molar-refractivity contribution in [2.45, 2.75) is 104 Å². The van der Waals surface area contributed by atoms with E-state index in [9.17, 15) is 4.79 Å². The minimum absolute atomic E-state index is 0. The number of nitrogens with zero attached hydrogens (tertiary/aromatic N) is 2. The van der Waals surface area contributed by atoms with Crippen LogP contribution in [0, 0.1) is 0 Å². The summed E-state index contributed by atoms with van der Waals surface area (Å²) in [5.41, 5.74) is 3.11. The highest BCUT2D eigenvalue weighted by Gasteiger charge is 2.15. The molecule has 0 bridgehead atoms. The van der Waals surface area contributed by atoms with E-state index in [1.54, 1.807) is 25.8 Å². The molecule has 2 aromatic rings. The van der Waals surface area contributed by atoms with E-state index in [0.717, 1.165) is 35.8 Å². The molecule has 3 rings (SSSR count). The van der Waals surface area contributed by atoms with E-state index in [-0.39, 0.29) is 22.9 Å². The van der Waals surface area contributed by atoms with Crippen molar-refractivity contribution in [1.82, 2.24) is 4.90 Å². The monoisotopic (exact) mass is 646 g/mol. The first-order chi connectivity index (χ1) is 19.6. The highest BCUT2D eigenvalue weighted by Crippen LogP contribution is 2.30. The van der Waals surface area contributed by atoms with E-state index < -0.39 is 0 Å². The van der Waals surface area contributed by atoms with Crippen LogP contribution in [0.2, 0.25) is 0 Å². The molecule has 0 unspecified atom stereocenters. The molecule has 0 aliphatic carbocycles. The number of hydrogen-bond acceptors (Lipinski definition) is 5. The minimum atomic E-state index is 0. The van der Waals surface area contributed by atoms with Crippen molar-refractivity contribution in [1.29, 1.82) is 0 Å². The molecular weight excluding hydrogens is 596 g/mol. The van der Waals surface area contributed by atoms with Gasteiger partial charge in [0.15, 0.2) is 11.5 Å². The van der Waals surface area contributed by atoms with Crippen molar-refractivity contribution in [2.24, 2.45) is 0 Å². The summed E-state index contributed by atoms with van der Waals surface area (Å²) in [4.78, 5) is 16.7. The number of hydrogen-bond donors (Lipinski definition) is 0. The summed E-state index contributed by atoms with van der Waals surface area (Å²) in [6, 6.07) is 14.3. The number of rotatable bonds is 20. The van der Waals surface area contributed by atoms with Crippen molar-refractivity contribution in [3.05, 3.63) is 65.2 Å². The van der Waals surface area contributed by atoms with E-state index in [2.05, 4.69) is 35.6 Å². The normalized spacial score (nSPS) is 12.3. The van der Waals surface area contributed by atoms with Crippen molar-refractivity contribution in [3.63, 3.8) is 0 Å². The SMILES string of the molecule is Br.CCCCCCCCCCCCCCOc1ccc(CN(C(C)=O)c2cccc(CN3C=CSC3)c2)cc1OC. The number of carbonyl (C=O) groups is 1. The van der Waals surface area contributed by atoms with E-state index in [1.807, 2.05) is 35.2 Å². The maximum atomic E-state index is 12.6. The predicted octanol–water partition coefficient (Wildman–Crippen LogP) is 9.88. The maximum absolute atomic E-state index is 12.6. The molecule has 0 saturated carbocycles. The first-order valence-electron chi connectivity index (χ1n) is 15.3. The van der Waals surface area contributed by atoms with Gasteiger partial charge in [0.2, 0.25) is 5.91 Å². The lowest BCUT2D eigenvalue weighted by atomic mass is 10.1. The fraction of sp³-hybridized carbons (Fsp3) is 0.559. The van der Waals surface area contributed by atoms with Crippen LogP contribution in [0.3, 0.4) is 0 Å². The summed E-state index contributed by atoms with van der Waals surface area (Å²) in [6.07, 6.45) is 18.1. The van der Waals surface area contributed by atoms with Crippen molar-refractivity contribution in [3.8, 4) is 11.5 Å². The number of unbranched alkanes of at least 4 members (excludes halogenated alkanes) is 11. The lowest BCUT2D eigenvalue weighted by Crippen LogP contribution is -2.28. The van der Waals surface area contributed by atoms with Crippen molar-refractivity contribution in [2.75, 3.05) is 24.5 Å². The van der Waals surface area contributed by atoms with E-state index >= 15 is 0 Å². The van der Waals surface area contributed by atoms with Crippen molar-refractivity contribution >= 4 is 40.3 Å².